The number of thiol groups is 2. The van der Waals surface area contributed by atoms with Gasteiger partial charge < -0.3 is 0 Å². The highest BCUT2D eigenvalue weighted by molar-refractivity contribution is 8.12. The van der Waals surface area contributed by atoms with E-state index in [1.807, 2.05) is 12.1 Å². The van der Waals surface area contributed by atoms with Crippen molar-refractivity contribution in [3.8, 4) is 33.4 Å². The van der Waals surface area contributed by atoms with Crippen LogP contribution in [0.1, 0.15) is 11.1 Å². The monoisotopic (exact) mass is 836 g/mol. The average molecular weight is 837 g/mol. The van der Waals surface area contributed by atoms with Gasteiger partial charge in [0.05, 0.1) is 8.39 Å². The molecule has 284 valence electrons. The molecule has 0 aromatic heterocycles. The number of fused-ring (bicyclic) bond motifs is 6. The van der Waals surface area contributed by atoms with E-state index in [1.54, 1.807) is 0 Å². The van der Waals surface area contributed by atoms with Crippen LogP contribution in [0, 0.1) is 0 Å². The van der Waals surface area contributed by atoms with E-state index in [0.717, 1.165) is 11.1 Å². The Bertz CT molecular complexity index is 3450. The summed E-state index contributed by atoms with van der Waals surface area (Å²) in [4.78, 5) is 0. The van der Waals surface area contributed by atoms with E-state index in [-0.39, 0.29) is 0 Å². The molecule has 0 radical (unpaired) electrons. The summed E-state index contributed by atoms with van der Waals surface area (Å²) in [5, 5.41) is 15.2. The lowest BCUT2D eigenvalue weighted by atomic mass is 9.90. The Morgan fingerprint density at radius 3 is 0.933 bits per heavy atom. The Morgan fingerprint density at radius 2 is 0.550 bits per heavy atom. The van der Waals surface area contributed by atoms with Gasteiger partial charge in [-0.2, -0.15) is 0 Å². The fourth-order valence-electron chi connectivity index (χ4n) is 8.55. The molecule has 60 heavy (non-hydrogen) atoms. The van der Waals surface area contributed by atoms with Crippen molar-refractivity contribution in [2.24, 2.45) is 0 Å². The highest BCUT2D eigenvalue weighted by atomic mass is 32.1. The van der Waals surface area contributed by atoms with Gasteiger partial charge in [-0.15, -0.1) is 25.3 Å². The van der Waals surface area contributed by atoms with Crippen LogP contribution in [0.4, 0.5) is 0 Å². The van der Waals surface area contributed by atoms with Gasteiger partial charge in [-0.25, -0.2) is 0 Å². The van der Waals surface area contributed by atoms with Gasteiger partial charge in [-0.1, -0.05) is 194 Å². The molecular formula is C56H36S4. The fraction of sp³-hybridized carbons (Fsp3) is 0. The largest absolute Gasteiger partial charge is 0.131 e. The van der Waals surface area contributed by atoms with E-state index in [4.69, 9.17) is 24.4 Å². The van der Waals surface area contributed by atoms with E-state index in [9.17, 15) is 0 Å². The predicted octanol–water partition coefficient (Wildman–Crippen LogP) is 16.5. The topological polar surface area (TPSA) is 0 Å². The Hall–Kier alpha value is -6.14. The number of rotatable bonds is 5. The second-order valence-electron chi connectivity index (χ2n) is 15.1. The zero-order valence-electron chi connectivity index (χ0n) is 32.3. The lowest BCUT2D eigenvalue weighted by Gasteiger charge is -2.14. The summed E-state index contributed by atoms with van der Waals surface area (Å²) in [7, 11) is 0. The summed E-state index contributed by atoms with van der Waals surface area (Å²) >= 11 is 18.9. The summed E-state index contributed by atoms with van der Waals surface area (Å²) in [6.07, 6.45) is 0. The zero-order chi connectivity index (χ0) is 40.7. The van der Waals surface area contributed by atoms with Crippen molar-refractivity contribution in [1.82, 2.24) is 0 Å². The molecule has 0 aliphatic rings. The molecule has 0 fully saturated rings. The molecule has 0 nitrogen and oxygen atoms in total. The molecule has 0 aliphatic carbocycles. The smallest absolute Gasteiger partial charge is 0.0747 e. The van der Waals surface area contributed by atoms with Gasteiger partial charge in [0, 0.05) is 0 Å². The quantitative estimate of drug-likeness (QED) is 0.101. The third-order valence-corrected chi connectivity index (χ3v) is 12.5. The lowest BCUT2D eigenvalue weighted by Crippen LogP contribution is -1.89. The highest BCUT2D eigenvalue weighted by Crippen LogP contribution is 2.40. The molecule has 11 aromatic carbocycles. The second-order valence-corrected chi connectivity index (χ2v) is 17.4. The minimum atomic E-state index is 0.618. The van der Waals surface area contributed by atoms with Crippen molar-refractivity contribution in [1.29, 1.82) is 0 Å². The Labute approximate surface area is 371 Å². The molecule has 11 rings (SSSR count). The predicted molar refractivity (Wildman–Crippen MR) is 276 cm³/mol. The first kappa shape index (κ1) is 38.1. The minimum Gasteiger partial charge on any atom is -0.131 e. The second kappa shape index (κ2) is 16.1. The van der Waals surface area contributed by atoms with Crippen LogP contribution in [0.5, 0.6) is 0 Å². The van der Waals surface area contributed by atoms with Crippen LogP contribution in [0.2, 0.25) is 0 Å². The number of hydrogen-bond donors (Lipinski definition) is 2. The van der Waals surface area contributed by atoms with Crippen LogP contribution < -0.4 is 0 Å². The molecule has 0 unspecified atom stereocenters. The molecule has 4 heteroatoms. The molecule has 0 aliphatic heterocycles. The summed E-state index contributed by atoms with van der Waals surface area (Å²) in [6, 6.07) is 73.8. The minimum absolute atomic E-state index is 0.618. The average Bonchev–Trinajstić information content (AvgIpc) is 3.29. The molecule has 0 bridgehead atoms. The molecule has 0 saturated heterocycles. The van der Waals surface area contributed by atoms with Crippen LogP contribution in [-0.4, -0.2) is 8.39 Å². The first-order valence-corrected chi connectivity index (χ1v) is 21.6. The molecule has 0 amide bonds. The van der Waals surface area contributed by atoms with E-state index in [0.29, 0.717) is 8.39 Å². The van der Waals surface area contributed by atoms with E-state index in [1.165, 1.54) is 98.0 Å². The highest BCUT2D eigenvalue weighted by Gasteiger charge is 2.13. The maximum atomic E-state index is 5.19. The Morgan fingerprint density at radius 1 is 0.267 bits per heavy atom. The number of benzene rings is 11. The number of hydrogen-bond acceptors (Lipinski definition) is 2. The maximum Gasteiger partial charge on any atom is 0.0747 e. The lowest BCUT2D eigenvalue weighted by molar-refractivity contribution is 1.60. The Balaban J connectivity index is 0.000000147. The normalized spacial score (nSPS) is 11.3. The standard InChI is InChI=1S/C31H20S2.C25H16S2/c32-31(33)23-15-11-21(12-16-23)20-9-13-22(14-10-20)30-28-8-4-3-7-26(28)18-27-17-24-5-1-2-6-25(24)19-29(27)30;26-25(27)17-11-9-16(10-12-17)24-22-8-4-3-7-20(22)14-21-13-18-5-1-2-6-19(18)15-23(21)24/h1-19H,(H,32,33);1-15H,(H,26,27). The third-order valence-electron chi connectivity index (χ3n) is 11.5. The van der Waals surface area contributed by atoms with E-state index in [2.05, 4.69) is 219 Å². The van der Waals surface area contributed by atoms with Crippen molar-refractivity contribution >= 4 is 123 Å². The maximum absolute atomic E-state index is 5.19. The van der Waals surface area contributed by atoms with Gasteiger partial charge >= 0.3 is 0 Å². The van der Waals surface area contributed by atoms with Crippen molar-refractivity contribution in [3.05, 3.63) is 217 Å². The van der Waals surface area contributed by atoms with Gasteiger partial charge in [0.1, 0.15) is 0 Å². The van der Waals surface area contributed by atoms with E-state index >= 15 is 0 Å². The molecule has 11 aromatic rings. The van der Waals surface area contributed by atoms with Crippen molar-refractivity contribution in [3.63, 3.8) is 0 Å². The molecule has 0 spiro atoms. The van der Waals surface area contributed by atoms with Crippen molar-refractivity contribution in [2.45, 2.75) is 0 Å². The molecule has 0 N–H and O–H groups in total. The van der Waals surface area contributed by atoms with Crippen LogP contribution in [-0.2, 0) is 0 Å². The Kier molecular flexibility index (Phi) is 10.2. The van der Waals surface area contributed by atoms with Crippen molar-refractivity contribution < 1.29 is 0 Å². The van der Waals surface area contributed by atoms with Gasteiger partial charge in [-0.05, 0) is 146 Å². The molecule has 0 heterocycles. The molecule has 0 atom stereocenters. The van der Waals surface area contributed by atoms with Crippen LogP contribution in [0.15, 0.2) is 206 Å². The molecule has 0 saturated carbocycles. The van der Waals surface area contributed by atoms with Crippen molar-refractivity contribution in [2.75, 3.05) is 0 Å². The fourth-order valence-corrected chi connectivity index (χ4v) is 9.12. The SMILES string of the molecule is S=C(S)c1ccc(-c2c3ccccc3cc3cc4ccccc4cc23)cc1.S=C(S)c1ccc(-c2ccc(-c3c4ccccc4cc4cc5ccccc5cc34)cc2)cc1. The zero-order valence-corrected chi connectivity index (χ0v) is 35.8. The van der Waals surface area contributed by atoms with Gasteiger partial charge in [-0.3, -0.25) is 0 Å². The van der Waals surface area contributed by atoms with Gasteiger partial charge in [0.15, 0.2) is 0 Å². The summed E-state index contributed by atoms with van der Waals surface area (Å²) < 4.78 is 1.24. The first-order chi connectivity index (χ1) is 29.4. The van der Waals surface area contributed by atoms with E-state index < -0.39 is 0 Å². The first-order valence-electron chi connectivity index (χ1n) is 19.8. The van der Waals surface area contributed by atoms with Gasteiger partial charge in [0.25, 0.3) is 0 Å². The van der Waals surface area contributed by atoms with Crippen LogP contribution >= 0.6 is 49.7 Å². The summed E-state index contributed by atoms with van der Waals surface area (Å²) in [5.41, 5.74) is 9.29. The number of thiocarbonyl (C=S) groups is 2. The summed E-state index contributed by atoms with van der Waals surface area (Å²) in [5.74, 6) is 0. The van der Waals surface area contributed by atoms with Crippen LogP contribution in [0.25, 0.3) is 98.0 Å². The van der Waals surface area contributed by atoms with Gasteiger partial charge in [0.2, 0.25) is 0 Å². The third kappa shape index (κ3) is 7.27. The summed E-state index contributed by atoms with van der Waals surface area (Å²) in [6.45, 7) is 0. The molecular weight excluding hydrogens is 801 g/mol. The van der Waals surface area contributed by atoms with Crippen LogP contribution in [0.3, 0.4) is 0 Å².